The van der Waals surface area contributed by atoms with Gasteiger partial charge < -0.3 is 9.47 Å². The van der Waals surface area contributed by atoms with Crippen LogP contribution in [0.2, 0.25) is 0 Å². The van der Waals surface area contributed by atoms with Crippen LogP contribution < -0.4 is 0 Å². The zero-order valence-corrected chi connectivity index (χ0v) is 11.0. The fraction of sp³-hybridized carbons (Fsp3) is 0.769. The molecule has 0 radical (unpaired) electrons. The summed E-state index contributed by atoms with van der Waals surface area (Å²) in [6.45, 7) is 1.95. The number of ether oxygens (including phenoxy) is 2. The van der Waals surface area contributed by atoms with E-state index in [1.54, 1.807) is 6.92 Å². The molecule has 0 unspecified atom stereocenters. The van der Waals surface area contributed by atoms with Crippen LogP contribution in [0.15, 0.2) is 0 Å². The summed E-state index contributed by atoms with van der Waals surface area (Å²) in [5.74, 6) is -0.994. The quantitative estimate of drug-likeness (QED) is 0.552. The van der Waals surface area contributed by atoms with Crippen molar-refractivity contribution in [3.05, 3.63) is 0 Å². The highest BCUT2D eigenvalue weighted by atomic mass is 16.5. The minimum Gasteiger partial charge on any atom is -0.469 e. The molecule has 1 aliphatic rings. The van der Waals surface area contributed by atoms with Gasteiger partial charge in [0.15, 0.2) is 0 Å². The van der Waals surface area contributed by atoms with Crippen molar-refractivity contribution in [2.24, 2.45) is 5.41 Å². The number of esters is 2. The zero-order chi connectivity index (χ0) is 13.6. The molecule has 5 heteroatoms. The Hall–Kier alpha value is -1.39. The first-order valence-electron chi connectivity index (χ1n) is 6.34. The van der Waals surface area contributed by atoms with E-state index >= 15 is 0 Å². The van der Waals surface area contributed by atoms with Crippen LogP contribution in [0.5, 0.6) is 0 Å². The summed E-state index contributed by atoms with van der Waals surface area (Å²) in [7, 11) is 1.29. The van der Waals surface area contributed by atoms with Gasteiger partial charge in [-0.2, -0.15) is 0 Å². The van der Waals surface area contributed by atoms with E-state index in [0.717, 1.165) is 12.8 Å². The number of Topliss-reactive ketones (excluding diaryl/α,β-unsaturated/α-hetero) is 1. The molecule has 0 amide bonds. The third-order valence-corrected chi connectivity index (χ3v) is 3.44. The fourth-order valence-corrected chi connectivity index (χ4v) is 2.36. The van der Waals surface area contributed by atoms with Gasteiger partial charge in [-0.1, -0.05) is 6.42 Å². The first-order valence-corrected chi connectivity index (χ1v) is 6.34. The van der Waals surface area contributed by atoms with Gasteiger partial charge in [-0.25, -0.2) is 0 Å². The lowest BCUT2D eigenvalue weighted by Gasteiger charge is -2.32. The molecule has 1 rings (SSSR count). The molecule has 0 heterocycles. The fourth-order valence-electron chi connectivity index (χ4n) is 2.36. The lowest BCUT2D eigenvalue weighted by molar-refractivity contribution is -0.163. The second-order valence-electron chi connectivity index (χ2n) is 4.51. The predicted octanol–water partition coefficient (Wildman–Crippen LogP) is 1.63. The highest BCUT2D eigenvalue weighted by Gasteiger charge is 2.47. The summed E-state index contributed by atoms with van der Waals surface area (Å²) in [4.78, 5) is 35.3. The van der Waals surface area contributed by atoms with E-state index in [-0.39, 0.29) is 25.2 Å². The highest BCUT2D eigenvalue weighted by Crippen LogP contribution is 2.38. The van der Waals surface area contributed by atoms with E-state index in [2.05, 4.69) is 4.74 Å². The van der Waals surface area contributed by atoms with Crippen LogP contribution in [0.4, 0.5) is 0 Å². The van der Waals surface area contributed by atoms with Crippen LogP contribution in [-0.2, 0) is 23.9 Å². The summed E-state index contributed by atoms with van der Waals surface area (Å²) < 4.78 is 9.57. The van der Waals surface area contributed by atoms with Crippen molar-refractivity contribution in [1.82, 2.24) is 0 Å². The molecule has 0 aromatic carbocycles. The van der Waals surface area contributed by atoms with Gasteiger partial charge in [0, 0.05) is 12.8 Å². The maximum absolute atomic E-state index is 12.1. The average molecular weight is 256 g/mol. The molecule has 1 atom stereocenters. The zero-order valence-electron chi connectivity index (χ0n) is 11.0. The smallest absolute Gasteiger partial charge is 0.319 e. The summed E-state index contributed by atoms with van der Waals surface area (Å²) in [5, 5.41) is 0. The highest BCUT2D eigenvalue weighted by molar-refractivity contribution is 6.04. The van der Waals surface area contributed by atoms with Gasteiger partial charge in [0.1, 0.15) is 11.2 Å². The van der Waals surface area contributed by atoms with E-state index in [4.69, 9.17) is 4.74 Å². The van der Waals surface area contributed by atoms with Crippen molar-refractivity contribution >= 4 is 17.7 Å². The van der Waals surface area contributed by atoms with Gasteiger partial charge >= 0.3 is 11.9 Å². The molecule has 0 aromatic heterocycles. The summed E-state index contributed by atoms with van der Waals surface area (Å²) in [5.41, 5.74) is -1.12. The molecule has 1 saturated carbocycles. The summed E-state index contributed by atoms with van der Waals surface area (Å²) in [6, 6.07) is 0. The van der Waals surface area contributed by atoms with Gasteiger partial charge in [-0.05, 0) is 26.2 Å². The Balaban J connectivity index is 2.82. The van der Waals surface area contributed by atoms with Gasteiger partial charge in [0.25, 0.3) is 0 Å². The van der Waals surface area contributed by atoms with E-state index in [0.29, 0.717) is 12.8 Å². The molecular formula is C13H20O5. The number of hydrogen-bond donors (Lipinski definition) is 0. The third-order valence-electron chi connectivity index (χ3n) is 3.44. The first-order chi connectivity index (χ1) is 8.56. The van der Waals surface area contributed by atoms with Crippen molar-refractivity contribution in [3.63, 3.8) is 0 Å². The van der Waals surface area contributed by atoms with Crippen molar-refractivity contribution in [2.75, 3.05) is 13.7 Å². The minimum absolute atomic E-state index is 0.0705. The Morgan fingerprint density at radius 2 is 2.06 bits per heavy atom. The Bertz CT molecular complexity index is 336. The van der Waals surface area contributed by atoms with E-state index < -0.39 is 17.4 Å². The van der Waals surface area contributed by atoms with Crippen LogP contribution in [0.25, 0.3) is 0 Å². The molecule has 0 N–H and O–H groups in total. The van der Waals surface area contributed by atoms with Gasteiger partial charge in [0.05, 0.1) is 13.7 Å². The molecule has 0 saturated heterocycles. The molecule has 0 aromatic rings. The largest absolute Gasteiger partial charge is 0.469 e. The SMILES string of the molecule is CCOC(=O)[C@]1(CCC(=O)OC)CCCCC1=O. The molecule has 0 aliphatic heterocycles. The normalized spacial score (nSPS) is 23.6. The summed E-state index contributed by atoms with van der Waals surface area (Å²) in [6.07, 6.45) is 2.74. The Morgan fingerprint density at radius 3 is 2.61 bits per heavy atom. The van der Waals surface area contributed by atoms with Crippen molar-refractivity contribution in [1.29, 1.82) is 0 Å². The topological polar surface area (TPSA) is 69.7 Å². The molecule has 5 nitrogen and oxygen atoms in total. The van der Waals surface area contributed by atoms with Crippen molar-refractivity contribution in [2.45, 2.75) is 45.4 Å². The monoisotopic (exact) mass is 256 g/mol. The maximum Gasteiger partial charge on any atom is 0.319 e. The Kier molecular flexibility index (Phi) is 5.31. The number of carbonyl (C=O) groups excluding carboxylic acids is 3. The van der Waals surface area contributed by atoms with Crippen molar-refractivity contribution < 1.29 is 23.9 Å². The number of methoxy groups -OCH3 is 1. The number of hydrogen-bond acceptors (Lipinski definition) is 5. The standard InChI is InChI=1S/C13H20O5/c1-3-18-12(16)13(9-7-11(15)17-2)8-5-4-6-10(13)14/h3-9H2,1-2H3/t13-/m0/s1. The third kappa shape index (κ3) is 3.09. The van der Waals surface area contributed by atoms with Crippen LogP contribution in [-0.4, -0.2) is 31.4 Å². The van der Waals surface area contributed by atoms with E-state index in [1.165, 1.54) is 7.11 Å². The van der Waals surface area contributed by atoms with Crippen molar-refractivity contribution in [3.8, 4) is 0 Å². The van der Waals surface area contributed by atoms with Crippen LogP contribution in [0, 0.1) is 5.41 Å². The number of carbonyl (C=O) groups is 3. The van der Waals surface area contributed by atoms with Crippen LogP contribution >= 0.6 is 0 Å². The molecule has 1 aliphatic carbocycles. The second kappa shape index (κ2) is 6.52. The lowest BCUT2D eigenvalue weighted by Crippen LogP contribution is -2.43. The second-order valence-corrected chi connectivity index (χ2v) is 4.51. The molecule has 102 valence electrons. The first kappa shape index (κ1) is 14.7. The number of rotatable bonds is 5. The molecule has 0 bridgehead atoms. The van der Waals surface area contributed by atoms with Gasteiger partial charge in [-0.15, -0.1) is 0 Å². The molecular weight excluding hydrogens is 236 g/mol. The number of ketones is 1. The summed E-state index contributed by atoms with van der Waals surface area (Å²) >= 11 is 0. The lowest BCUT2D eigenvalue weighted by atomic mass is 9.70. The Morgan fingerprint density at radius 1 is 1.33 bits per heavy atom. The molecule has 18 heavy (non-hydrogen) atoms. The molecule has 0 spiro atoms. The average Bonchev–Trinajstić information content (AvgIpc) is 2.38. The predicted molar refractivity (Wildman–Crippen MR) is 63.8 cm³/mol. The van der Waals surface area contributed by atoms with Crippen LogP contribution in [0.3, 0.4) is 0 Å². The minimum atomic E-state index is -1.12. The Labute approximate surface area is 107 Å². The van der Waals surface area contributed by atoms with Gasteiger partial charge in [-0.3, -0.25) is 14.4 Å². The van der Waals surface area contributed by atoms with Gasteiger partial charge in [0.2, 0.25) is 0 Å². The van der Waals surface area contributed by atoms with E-state index in [1.807, 2.05) is 0 Å². The van der Waals surface area contributed by atoms with E-state index in [9.17, 15) is 14.4 Å². The molecule has 1 fully saturated rings. The maximum atomic E-state index is 12.1. The van der Waals surface area contributed by atoms with Crippen LogP contribution in [0.1, 0.15) is 45.4 Å².